The van der Waals surface area contributed by atoms with Crippen molar-refractivity contribution in [2.45, 2.75) is 25.7 Å². The summed E-state index contributed by atoms with van der Waals surface area (Å²) in [6.07, 6.45) is 0.0885. The van der Waals surface area contributed by atoms with Gasteiger partial charge in [0.25, 0.3) is 0 Å². The van der Waals surface area contributed by atoms with Crippen LogP contribution in [0.3, 0.4) is 0 Å². The van der Waals surface area contributed by atoms with Crippen LogP contribution in [0.5, 0.6) is 11.5 Å². The highest BCUT2D eigenvalue weighted by atomic mass is 16.6. The Labute approximate surface area is 189 Å². The van der Waals surface area contributed by atoms with Crippen molar-refractivity contribution >= 4 is 29.5 Å². The molecule has 2 unspecified atom stereocenters. The molecule has 6 N–H and O–H groups in total. The summed E-state index contributed by atoms with van der Waals surface area (Å²) < 4.78 is 11.4. The Morgan fingerprint density at radius 3 is 2.52 bits per heavy atom. The van der Waals surface area contributed by atoms with E-state index in [9.17, 15) is 24.3 Å². The highest BCUT2D eigenvalue weighted by Crippen LogP contribution is 2.36. The molecule has 1 aliphatic rings. The highest BCUT2D eigenvalue weighted by molar-refractivity contribution is 5.93. The third kappa shape index (κ3) is 5.59. The number of carboxylic acid groups (broad SMARTS) is 2. The fraction of sp³-hybridized carbons (Fsp3) is 0.304. The molecule has 1 amide bonds. The van der Waals surface area contributed by atoms with E-state index in [1.54, 1.807) is 30.3 Å². The van der Waals surface area contributed by atoms with Crippen LogP contribution in [0.25, 0.3) is 0 Å². The molecule has 2 atom stereocenters. The molecule has 10 nitrogen and oxygen atoms in total. The normalized spacial score (nSPS) is 15.1. The van der Waals surface area contributed by atoms with E-state index in [1.165, 1.54) is 6.07 Å². The number of carbonyl (C=O) groups excluding carboxylic acids is 2. The van der Waals surface area contributed by atoms with Crippen LogP contribution in [0.1, 0.15) is 34.3 Å². The molecule has 0 fully saturated rings. The minimum Gasteiger partial charge on any atom is -0.489 e. The predicted octanol–water partition coefficient (Wildman–Crippen LogP) is 1.63. The van der Waals surface area contributed by atoms with Gasteiger partial charge in [0.05, 0.1) is 30.4 Å². The fourth-order valence-corrected chi connectivity index (χ4v) is 3.85. The van der Waals surface area contributed by atoms with Gasteiger partial charge in [-0.05, 0) is 54.7 Å². The maximum atomic E-state index is 12.8. The van der Waals surface area contributed by atoms with Crippen molar-refractivity contribution in [1.82, 2.24) is 0 Å². The third-order valence-corrected chi connectivity index (χ3v) is 5.45. The van der Waals surface area contributed by atoms with Crippen LogP contribution in [-0.2, 0) is 27.2 Å². The second kappa shape index (κ2) is 10.0. The second-order valence-electron chi connectivity index (χ2n) is 7.76. The van der Waals surface area contributed by atoms with Crippen molar-refractivity contribution in [2.24, 2.45) is 17.6 Å². The van der Waals surface area contributed by atoms with Gasteiger partial charge in [-0.25, -0.2) is 4.79 Å². The van der Waals surface area contributed by atoms with Crippen molar-refractivity contribution in [3.8, 4) is 11.5 Å². The number of primary amides is 1. The first-order valence-corrected chi connectivity index (χ1v) is 10.3. The molecular formula is C23H24N2O8. The minimum atomic E-state index is -1.53. The summed E-state index contributed by atoms with van der Waals surface area (Å²) in [5.74, 6) is -6.96. The number of aryl methyl sites for hydroxylation is 1. The van der Waals surface area contributed by atoms with Gasteiger partial charge in [0.2, 0.25) is 5.91 Å². The fourth-order valence-electron chi connectivity index (χ4n) is 3.85. The molecule has 2 aromatic rings. The van der Waals surface area contributed by atoms with Gasteiger partial charge in [-0.3, -0.25) is 14.4 Å². The van der Waals surface area contributed by atoms with E-state index in [4.69, 9.17) is 26.0 Å². The molecule has 174 valence electrons. The largest absolute Gasteiger partial charge is 0.489 e. The number of anilines is 1. The highest BCUT2D eigenvalue weighted by Gasteiger charge is 2.35. The lowest BCUT2D eigenvalue weighted by Crippen LogP contribution is -2.37. The molecule has 0 radical (unpaired) electrons. The quantitative estimate of drug-likeness (QED) is 0.274. The van der Waals surface area contributed by atoms with Crippen LogP contribution < -0.4 is 20.9 Å². The zero-order valence-corrected chi connectivity index (χ0v) is 17.7. The number of hydrogen-bond acceptors (Lipinski definition) is 7. The molecule has 1 heterocycles. The van der Waals surface area contributed by atoms with Crippen molar-refractivity contribution in [3.63, 3.8) is 0 Å². The van der Waals surface area contributed by atoms with E-state index in [-0.39, 0.29) is 24.5 Å². The molecule has 0 saturated carbocycles. The van der Waals surface area contributed by atoms with E-state index < -0.39 is 42.1 Å². The number of carboxylic acids is 2. The number of fused-ring (bicyclic) bond motifs is 2. The number of benzene rings is 2. The van der Waals surface area contributed by atoms with Gasteiger partial charge in [0.15, 0.2) is 11.5 Å². The number of rotatable bonds is 7. The molecule has 0 spiro atoms. The number of amides is 1. The minimum absolute atomic E-state index is 0.0931. The summed E-state index contributed by atoms with van der Waals surface area (Å²) in [7, 11) is 0. The lowest BCUT2D eigenvalue weighted by molar-refractivity contribution is -0.152. The van der Waals surface area contributed by atoms with Crippen LogP contribution in [-0.4, -0.2) is 40.6 Å². The summed E-state index contributed by atoms with van der Waals surface area (Å²) in [4.78, 5) is 47.7. The van der Waals surface area contributed by atoms with Crippen LogP contribution >= 0.6 is 0 Å². The summed E-state index contributed by atoms with van der Waals surface area (Å²) in [6.45, 7) is 0.245. The Bertz CT molecular complexity index is 1100. The van der Waals surface area contributed by atoms with Gasteiger partial charge in [0.1, 0.15) is 0 Å². The summed E-state index contributed by atoms with van der Waals surface area (Å²) in [5.41, 5.74) is 13.3. The first-order valence-electron chi connectivity index (χ1n) is 10.3. The molecule has 0 bridgehead atoms. The number of para-hydroxylation sites is 1. The number of nitrogens with two attached hydrogens (primary N) is 2. The topological polar surface area (TPSA) is 179 Å². The summed E-state index contributed by atoms with van der Waals surface area (Å²) in [5, 5.41) is 18.5. The van der Waals surface area contributed by atoms with Crippen molar-refractivity contribution in [3.05, 3.63) is 53.1 Å². The zero-order chi connectivity index (χ0) is 24.1. The van der Waals surface area contributed by atoms with Gasteiger partial charge < -0.3 is 31.2 Å². The van der Waals surface area contributed by atoms with Crippen molar-refractivity contribution < 1.29 is 38.9 Å². The standard InChI is InChI=1S/C23H24N2O8/c24-14-6-7-15-12(9-14)4-2-8-32-20-13(3-1-5-18(20)33-23(15)31)10-16(21(25)28)17(22(29)30)11-19(26)27/h1,3,5-7,9,16-17H,2,4,8,10-11,24H2,(H2,25,28)(H,26,27)(H,29,30). The smallest absolute Gasteiger partial charge is 0.343 e. The number of esters is 1. The zero-order valence-electron chi connectivity index (χ0n) is 17.7. The monoisotopic (exact) mass is 456 g/mol. The predicted molar refractivity (Wildman–Crippen MR) is 116 cm³/mol. The maximum Gasteiger partial charge on any atom is 0.343 e. The van der Waals surface area contributed by atoms with E-state index >= 15 is 0 Å². The van der Waals surface area contributed by atoms with Crippen molar-refractivity contribution in [1.29, 1.82) is 0 Å². The van der Waals surface area contributed by atoms with Crippen LogP contribution in [0.2, 0.25) is 0 Å². The Kier molecular flexibility index (Phi) is 7.17. The summed E-state index contributed by atoms with van der Waals surface area (Å²) >= 11 is 0. The Morgan fingerprint density at radius 1 is 1.09 bits per heavy atom. The van der Waals surface area contributed by atoms with Gasteiger partial charge >= 0.3 is 17.9 Å². The molecule has 2 aromatic carbocycles. The molecule has 3 rings (SSSR count). The second-order valence-corrected chi connectivity index (χ2v) is 7.76. The first kappa shape index (κ1) is 23.6. The van der Waals surface area contributed by atoms with Crippen LogP contribution in [0, 0.1) is 11.8 Å². The average molecular weight is 456 g/mol. The molecule has 10 heteroatoms. The third-order valence-electron chi connectivity index (χ3n) is 5.45. The SMILES string of the molecule is NC(=O)C(Cc1cccc2c1OCCCc1cc(N)ccc1C(=O)O2)C(CC(=O)O)C(=O)O. The van der Waals surface area contributed by atoms with Gasteiger partial charge in [-0.15, -0.1) is 0 Å². The maximum absolute atomic E-state index is 12.8. The van der Waals surface area contributed by atoms with E-state index in [0.717, 1.165) is 5.56 Å². The Hall–Kier alpha value is -4.08. The molecular weight excluding hydrogens is 432 g/mol. The molecule has 0 aliphatic carbocycles. The van der Waals surface area contributed by atoms with E-state index in [2.05, 4.69) is 0 Å². The lowest BCUT2D eigenvalue weighted by Gasteiger charge is -2.23. The number of carbonyl (C=O) groups is 4. The van der Waals surface area contributed by atoms with Crippen LogP contribution in [0.4, 0.5) is 5.69 Å². The molecule has 0 aromatic heterocycles. The van der Waals surface area contributed by atoms with E-state index in [1.807, 2.05) is 0 Å². The number of aliphatic carboxylic acids is 2. The molecule has 1 aliphatic heterocycles. The van der Waals surface area contributed by atoms with Crippen molar-refractivity contribution in [2.75, 3.05) is 12.3 Å². The van der Waals surface area contributed by atoms with E-state index in [0.29, 0.717) is 29.7 Å². The molecule has 33 heavy (non-hydrogen) atoms. The Morgan fingerprint density at radius 2 is 1.85 bits per heavy atom. The lowest BCUT2D eigenvalue weighted by atomic mass is 9.83. The number of nitrogen functional groups attached to an aromatic ring is 1. The first-order chi connectivity index (χ1) is 15.7. The van der Waals surface area contributed by atoms with Gasteiger partial charge in [-0.1, -0.05) is 12.1 Å². The van der Waals surface area contributed by atoms with Crippen LogP contribution in [0.15, 0.2) is 36.4 Å². The molecule has 0 saturated heterocycles. The number of ether oxygens (including phenoxy) is 2. The Balaban J connectivity index is 1.97. The number of hydrogen-bond donors (Lipinski definition) is 4. The summed E-state index contributed by atoms with van der Waals surface area (Å²) in [6, 6.07) is 9.56. The van der Waals surface area contributed by atoms with Gasteiger partial charge in [0, 0.05) is 5.69 Å². The van der Waals surface area contributed by atoms with Gasteiger partial charge in [-0.2, -0.15) is 0 Å². The average Bonchev–Trinajstić information content (AvgIpc) is 2.74.